The van der Waals surface area contributed by atoms with Crippen LogP contribution in [-0.4, -0.2) is 12.3 Å². The van der Waals surface area contributed by atoms with E-state index in [-0.39, 0.29) is 5.78 Å². The number of nitrogens with two attached hydrogens (primary N) is 1. The maximum atomic E-state index is 11.2. The minimum Gasteiger partial charge on any atom is -0.398 e. The Morgan fingerprint density at radius 1 is 1.56 bits per heavy atom. The molecule has 0 aromatic heterocycles. The first-order chi connectivity index (χ1) is 7.58. The van der Waals surface area contributed by atoms with Crippen molar-refractivity contribution in [3.63, 3.8) is 0 Å². The number of benzene rings is 1. The number of hydrogen-bond acceptors (Lipinski definition) is 3. The molecule has 1 aromatic rings. The third kappa shape index (κ3) is 2.35. The van der Waals surface area contributed by atoms with Gasteiger partial charge < -0.3 is 11.1 Å². The second-order valence-corrected chi connectivity index (χ2v) is 4.71. The highest BCUT2D eigenvalue weighted by molar-refractivity contribution is 5.99. The van der Waals surface area contributed by atoms with Gasteiger partial charge in [0.25, 0.3) is 0 Å². The van der Waals surface area contributed by atoms with E-state index in [9.17, 15) is 4.79 Å². The van der Waals surface area contributed by atoms with E-state index in [0.717, 1.165) is 24.1 Å². The van der Waals surface area contributed by atoms with Gasteiger partial charge in [-0.15, -0.1) is 0 Å². The topological polar surface area (TPSA) is 55.1 Å². The van der Waals surface area contributed by atoms with Crippen LogP contribution in [0.4, 0.5) is 11.4 Å². The third-order valence-electron chi connectivity index (χ3n) is 3.28. The summed E-state index contributed by atoms with van der Waals surface area (Å²) in [7, 11) is 0. The van der Waals surface area contributed by atoms with Gasteiger partial charge in [0.15, 0.2) is 5.78 Å². The summed E-state index contributed by atoms with van der Waals surface area (Å²) < 4.78 is 0. The Kier molecular flexibility index (Phi) is 2.86. The molecule has 16 heavy (non-hydrogen) atoms. The molecule has 0 heterocycles. The van der Waals surface area contributed by atoms with Crippen molar-refractivity contribution < 1.29 is 4.79 Å². The van der Waals surface area contributed by atoms with Crippen LogP contribution in [0.1, 0.15) is 30.6 Å². The van der Waals surface area contributed by atoms with E-state index in [4.69, 9.17) is 5.73 Å². The van der Waals surface area contributed by atoms with Crippen molar-refractivity contribution in [1.29, 1.82) is 0 Å². The van der Waals surface area contributed by atoms with E-state index in [0.29, 0.717) is 11.3 Å². The lowest BCUT2D eigenvalue weighted by atomic mass is 10.1. The molecule has 3 heteroatoms. The molecular weight excluding hydrogens is 200 g/mol. The van der Waals surface area contributed by atoms with Crippen molar-refractivity contribution in [2.24, 2.45) is 11.8 Å². The van der Waals surface area contributed by atoms with Gasteiger partial charge in [-0.05, 0) is 43.4 Å². The fraction of sp³-hybridized carbons (Fsp3) is 0.462. The molecular formula is C13H18N2O. The first-order valence-electron chi connectivity index (χ1n) is 5.72. The van der Waals surface area contributed by atoms with Crippen LogP contribution in [0, 0.1) is 11.8 Å². The van der Waals surface area contributed by atoms with Crippen LogP contribution >= 0.6 is 0 Å². The van der Waals surface area contributed by atoms with Crippen LogP contribution in [0.2, 0.25) is 0 Å². The maximum absolute atomic E-state index is 11.2. The number of carbonyl (C=O) groups is 1. The van der Waals surface area contributed by atoms with Gasteiger partial charge in [0, 0.05) is 23.5 Å². The van der Waals surface area contributed by atoms with Crippen LogP contribution in [-0.2, 0) is 0 Å². The summed E-state index contributed by atoms with van der Waals surface area (Å²) in [6, 6.07) is 5.54. The lowest BCUT2D eigenvalue weighted by Gasteiger charge is -2.08. The number of hydrogen-bond donors (Lipinski definition) is 2. The van der Waals surface area contributed by atoms with Gasteiger partial charge in [0.05, 0.1) is 0 Å². The Balaban J connectivity index is 2.00. The van der Waals surface area contributed by atoms with E-state index >= 15 is 0 Å². The minimum absolute atomic E-state index is 0.0138. The Morgan fingerprint density at radius 3 is 2.75 bits per heavy atom. The number of ketones is 1. The molecule has 0 radical (unpaired) electrons. The first kappa shape index (κ1) is 11.0. The summed E-state index contributed by atoms with van der Waals surface area (Å²) in [6.07, 6.45) is 1.31. The number of nitrogens with one attached hydrogen (secondary N) is 1. The molecule has 2 rings (SSSR count). The van der Waals surface area contributed by atoms with Gasteiger partial charge in [-0.2, -0.15) is 0 Å². The Morgan fingerprint density at radius 2 is 2.25 bits per heavy atom. The molecule has 0 bridgehead atoms. The molecule has 0 aliphatic heterocycles. The predicted octanol–water partition coefficient (Wildman–Crippen LogP) is 2.54. The quantitative estimate of drug-likeness (QED) is 0.603. The molecule has 3 nitrogen and oxygen atoms in total. The smallest absolute Gasteiger partial charge is 0.161 e. The van der Waals surface area contributed by atoms with Gasteiger partial charge in [-0.1, -0.05) is 6.92 Å². The lowest BCUT2D eigenvalue weighted by molar-refractivity contribution is 0.101. The zero-order chi connectivity index (χ0) is 11.7. The molecule has 1 aliphatic rings. The van der Waals surface area contributed by atoms with Crippen LogP contribution in [0.25, 0.3) is 0 Å². The number of rotatable bonds is 4. The Bertz CT molecular complexity index is 414. The van der Waals surface area contributed by atoms with Crippen molar-refractivity contribution in [3.8, 4) is 0 Å². The molecule has 0 amide bonds. The summed E-state index contributed by atoms with van der Waals surface area (Å²) >= 11 is 0. The first-order valence-corrected chi connectivity index (χ1v) is 5.72. The van der Waals surface area contributed by atoms with Gasteiger partial charge in [-0.3, -0.25) is 4.79 Å². The van der Waals surface area contributed by atoms with Gasteiger partial charge in [-0.25, -0.2) is 0 Å². The summed E-state index contributed by atoms with van der Waals surface area (Å²) in [5.74, 6) is 1.66. The average Bonchev–Trinajstić information content (AvgIpc) is 2.91. The van der Waals surface area contributed by atoms with E-state index in [1.54, 1.807) is 6.07 Å². The van der Waals surface area contributed by atoms with Crippen LogP contribution in [0.3, 0.4) is 0 Å². The van der Waals surface area contributed by atoms with Gasteiger partial charge in [0.2, 0.25) is 0 Å². The molecule has 86 valence electrons. The Hall–Kier alpha value is -1.51. The number of anilines is 2. The van der Waals surface area contributed by atoms with Crippen molar-refractivity contribution in [3.05, 3.63) is 23.8 Å². The fourth-order valence-corrected chi connectivity index (χ4v) is 1.93. The average molecular weight is 218 g/mol. The molecule has 1 aromatic carbocycles. The summed E-state index contributed by atoms with van der Waals surface area (Å²) in [6.45, 7) is 4.80. The highest BCUT2D eigenvalue weighted by atomic mass is 16.1. The normalized spacial score (nSPS) is 22.9. The maximum Gasteiger partial charge on any atom is 0.161 e. The standard InChI is InChI=1S/C13H18N2O/c1-8-5-10(8)7-15-11-3-4-12(9(2)16)13(14)6-11/h3-4,6,8,10,15H,5,7,14H2,1-2H3. The number of nitrogen functional groups attached to an aromatic ring is 1. The van der Waals surface area contributed by atoms with Crippen molar-refractivity contribution in [2.45, 2.75) is 20.3 Å². The summed E-state index contributed by atoms with van der Waals surface area (Å²) in [5, 5.41) is 3.35. The lowest BCUT2D eigenvalue weighted by Crippen LogP contribution is -2.06. The van der Waals surface area contributed by atoms with E-state index in [1.807, 2.05) is 12.1 Å². The number of Topliss-reactive ketones (excluding diaryl/α,β-unsaturated/α-hetero) is 1. The second kappa shape index (κ2) is 4.16. The summed E-state index contributed by atoms with van der Waals surface area (Å²) in [4.78, 5) is 11.2. The van der Waals surface area contributed by atoms with Crippen LogP contribution < -0.4 is 11.1 Å². The molecule has 0 spiro atoms. The molecule has 2 unspecified atom stereocenters. The van der Waals surface area contributed by atoms with E-state index in [1.165, 1.54) is 13.3 Å². The van der Waals surface area contributed by atoms with Crippen molar-refractivity contribution >= 4 is 17.2 Å². The molecule has 1 aliphatic carbocycles. The van der Waals surface area contributed by atoms with Crippen LogP contribution in [0.5, 0.6) is 0 Å². The van der Waals surface area contributed by atoms with Crippen molar-refractivity contribution in [1.82, 2.24) is 0 Å². The zero-order valence-corrected chi connectivity index (χ0v) is 9.79. The number of carbonyl (C=O) groups excluding carboxylic acids is 1. The minimum atomic E-state index is 0.0138. The molecule has 3 N–H and O–H groups in total. The Labute approximate surface area is 96.0 Å². The molecule has 1 saturated carbocycles. The SMILES string of the molecule is CC(=O)c1ccc(NCC2CC2C)cc1N. The van der Waals surface area contributed by atoms with Gasteiger partial charge in [0.1, 0.15) is 0 Å². The fourth-order valence-electron chi connectivity index (χ4n) is 1.93. The highest BCUT2D eigenvalue weighted by Crippen LogP contribution is 2.37. The second-order valence-electron chi connectivity index (χ2n) is 4.71. The van der Waals surface area contributed by atoms with Gasteiger partial charge >= 0.3 is 0 Å². The molecule has 1 fully saturated rings. The van der Waals surface area contributed by atoms with E-state index in [2.05, 4.69) is 12.2 Å². The monoisotopic (exact) mass is 218 g/mol. The summed E-state index contributed by atoms with van der Waals surface area (Å²) in [5.41, 5.74) is 7.97. The largest absolute Gasteiger partial charge is 0.398 e. The highest BCUT2D eigenvalue weighted by Gasteiger charge is 2.31. The molecule has 2 atom stereocenters. The zero-order valence-electron chi connectivity index (χ0n) is 9.79. The third-order valence-corrected chi connectivity index (χ3v) is 3.28. The van der Waals surface area contributed by atoms with E-state index < -0.39 is 0 Å². The van der Waals surface area contributed by atoms with Crippen LogP contribution in [0.15, 0.2) is 18.2 Å². The van der Waals surface area contributed by atoms with Crippen molar-refractivity contribution in [2.75, 3.05) is 17.6 Å². The predicted molar refractivity (Wildman–Crippen MR) is 66.6 cm³/mol. The molecule has 0 saturated heterocycles.